The molecule has 0 aromatic heterocycles. The van der Waals surface area contributed by atoms with Crippen molar-refractivity contribution in [3.8, 4) is 23.0 Å². The Hall–Kier alpha value is -6.31. The maximum absolute atomic E-state index is 12.1. The standard InChI is InChI=1S/C18H25BrN2O5.C15H19BrN2O4.C14H18BrNO3.C9H9BrO3.C9H18N2O3/c1-12(24-14-7-5-13(19)6-8-14)16(22)20-26-15-9-10-21(11-15)17(23)25-18(2,3)4;1-10(21-13-5-3-12(16)4-6-13)15(20)17-22-14-7-8-18(9-14)11(2)19;1-10(18-12-8-6-11(15)7-9-12)14(17)16-19-13-4-2-3-5-13;1-6(9(11)12)13-8-4-2-7(10)3-5-8;1-9(2,3)13-8(12)11-5-4-7(6-11)14-10/h5-8,12,15H,9-11H2,1-4H3,(H,20,22);3-6,10,14H,7-9H2,1-2H3,(H,17,20);6-10,13H,2-5H2,1H3,(H,16,17);2-6H,1H3,(H,11,12);7H,4-6,10H2,1-3H3/t12-,15?;10-,14?;10-;6-;/m0000./s1. The summed E-state index contributed by atoms with van der Waals surface area (Å²) in [5.41, 5.74) is 6.32. The largest absolute Gasteiger partial charge is 0.481 e. The lowest BCUT2D eigenvalue weighted by atomic mass is 10.2. The maximum atomic E-state index is 12.1. The zero-order valence-electron chi connectivity index (χ0n) is 54.9. The van der Waals surface area contributed by atoms with Gasteiger partial charge in [0.2, 0.25) is 5.91 Å². The summed E-state index contributed by atoms with van der Waals surface area (Å²) in [6.45, 7) is 22.2. The molecule has 0 spiro atoms. The molecule has 4 aromatic rings. The van der Waals surface area contributed by atoms with E-state index in [0.717, 1.165) is 37.2 Å². The number of nitrogens with zero attached hydrogens (tertiary/aromatic N) is 3. The third-order valence-electron chi connectivity index (χ3n) is 13.6. The van der Waals surface area contributed by atoms with Gasteiger partial charge in [-0.05, 0) is 198 Å². The van der Waals surface area contributed by atoms with Crippen LogP contribution in [0.15, 0.2) is 115 Å². The molecular weight excluding hydrogens is 1490 g/mol. The fourth-order valence-electron chi connectivity index (χ4n) is 8.52. The van der Waals surface area contributed by atoms with Crippen molar-refractivity contribution in [1.29, 1.82) is 0 Å². The summed E-state index contributed by atoms with van der Waals surface area (Å²) in [5, 5.41) is 8.56. The van der Waals surface area contributed by atoms with E-state index in [9.17, 15) is 33.6 Å². The van der Waals surface area contributed by atoms with Crippen LogP contribution in [0.3, 0.4) is 0 Å². The van der Waals surface area contributed by atoms with Gasteiger partial charge in [0.05, 0.1) is 25.3 Å². The van der Waals surface area contributed by atoms with Crippen molar-refractivity contribution in [3.05, 3.63) is 115 Å². The van der Waals surface area contributed by atoms with Crippen LogP contribution in [0.1, 0.15) is 121 Å². The third-order valence-corrected chi connectivity index (χ3v) is 15.7. The fourth-order valence-corrected chi connectivity index (χ4v) is 9.58. The summed E-state index contributed by atoms with van der Waals surface area (Å²) < 4.78 is 36.0. The van der Waals surface area contributed by atoms with Gasteiger partial charge in [-0.25, -0.2) is 36.7 Å². The summed E-state index contributed by atoms with van der Waals surface area (Å²) in [6, 6.07) is 28.8. The van der Waals surface area contributed by atoms with Gasteiger partial charge < -0.3 is 48.2 Å². The molecule has 0 bridgehead atoms. The monoisotopic (exact) mass is 1570 g/mol. The van der Waals surface area contributed by atoms with E-state index in [2.05, 4.69) is 85.0 Å². The number of nitrogens with two attached hydrogens (primary N) is 1. The van der Waals surface area contributed by atoms with Crippen molar-refractivity contribution in [1.82, 2.24) is 31.1 Å². The van der Waals surface area contributed by atoms with Gasteiger partial charge in [-0.15, -0.1) is 0 Å². The molecule has 1 saturated carbocycles. The van der Waals surface area contributed by atoms with Crippen LogP contribution in [0.4, 0.5) is 9.59 Å². The minimum atomic E-state index is -0.970. The van der Waals surface area contributed by atoms with Gasteiger partial charge in [0.15, 0.2) is 24.4 Å². The number of rotatable bonds is 19. The van der Waals surface area contributed by atoms with Gasteiger partial charge in [0.1, 0.15) is 46.4 Å². The Labute approximate surface area is 583 Å². The van der Waals surface area contributed by atoms with Crippen LogP contribution in [-0.4, -0.2) is 161 Å². The molecule has 8 rings (SSSR count). The molecule has 3 aliphatic heterocycles. The zero-order chi connectivity index (χ0) is 69.7. The molecule has 4 fully saturated rings. The smallest absolute Gasteiger partial charge is 0.410 e. The van der Waals surface area contributed by atoms with Crippen LogP contribution >= 0.6 is 63.7 Å². The number of benzene rings is 4. The number of hydrogen-bond acceptors (Lipinski definition) is 18. The summed E-state index contributed by atoms with van der Waals surface area (Å²) >= 11 is 13.3. The first kappa shape index (κ1) is 80.1. The fraction of sp³-hybridized carbons (Fsp3) is 0.523. The lowest BCUT2D eigenvalue weighted by molar-refractivity contribution is -0.145. The van der Waals surface area contributed by atoms with Crippen molar-refractivity contribution >= 4 is 106 Å². The molecule has 1 aliphatic carbocycles. The highest BCUT2D eigenvalue weighted by Crippen LogP contribution is 2.24. The minimum absolute atomic E-state index is 0.0179. The average Bonchev–Trinajstić information content (AvgIpc) is 2.42. The Morgan fingerprint density at radius 2 is 0.723 bits per heavy atom. The molecular formula is C65H89Br4N7O18. The number of carbonyl (C=O) groups is 7. The van der Waals surface area contributed by atoms with Crippen molar-refractivity contribution < 1.29 is 86.4 Å². The van der Waals surface area contributed by atoms with Gasteiger partial charge in [-0.3, -0.25) is 38.5 Å². The SMILES string of the molecule is CC(=O)N1CCC(ONC(=O)[C@H](C)Oc2ccc(Br)cc2)C1.CC(C)(C)OC(=O)N1CCC(ON)C1.C[C@H](Oc1ccc(Br)cc1)C(=O)NOC1CCCC1.C[C@H](Oc1ccc(Br)cc1)C(=O)NOC1CCN(C(=O)OC(C)(C)C)C1.C[C@H](Oc1ccc(Br)cc1)C(=O)O. The van der Waals surface area contributed by atoms with Crippen molar-refractivity contribution in [2.24, 2.45) is 5.90 Å². The van der Waals surface area contributed by atoms with Gasteiger partial charge in [0, 0.05) is 51.0 Å². The van der Waals surface area contributed by atoms with Gasteiger partial charge in [-0.2, -0.15) is 0 Å². The van der Waals surface area contributed by atoms with E-state index in [4.69, 9.17) is 53.9 Å². The Bertz CT molecular complexity index is 2990. The number of amides is 6. The summed E-state index contributed by atoms with van der Waals surface area (Å²) in [7, 11) is 0. The topological polar surface area (TPSA) is 304 Å². The lowest BCUT2D eigenvalue weighted by Crippen LogP contribution is -2.40. The number of hydroxylamine groups is 3. The highest BCUT2D eigenvalue weighted by molar-refractivity contribution is 9.11. The third kappa shape index (κ3) is 32.0. The number of hydrogen-bond donors (Lipinski definition) is 5. The number of aliphatic carboxylic acids is 1. The molecule has 7 atom stereocenters. The summed E-state index contributed by atoms with van der Waals surface area (Å²) in [5.74, 6) is 5.50. The van der Waals surface area contributed by atoms with E-state index >= 15 is 0 Å². The molecule has 3 heterocycles. The predicted molar refractivity (Wildman–Crippen MR) is 363 cm³/mol. The second-order valence-electron chi connectivity index (χ2n) is 24.0. The zero-order valence-corrected chi connectivity index (χ0v) is 61.2. The van der Waals surface area contributed by atoms with Gasteiger partial charge in [-0.1, -0.05) is 76.6 Å². The van der Waals surface area contributed by atoms with E-state index in [1.54, 1.807) is 84.0 Å². The van der Waals surface area contributed by atoms with Crippen LogP contribution in [0, 0.1) is 0 Å². The van der Waals surface area contributed by atoms with Crippen molar-refractivity contribution in [2.45, 2.75) is 181 Å². The Kier molecular flexibility index (Phi) is 34.3. The Morgan fingerprint density at radius 1 is 0.447 bits per heavy atom. The predicted octanol–water partition coefficient (Wildman–Crippen LogP) is 11.6. The molecule has 94 heavy (non-hydrogen) atoms. The van der Waals surface area contributed by atoms with E-state index in [-0.39, 0.29) is 60.2 Å². The molecule has 3 saturated heterocycles. The second-order valence-corrected chi connectivity index (χ2v) is 27.7. The molecule has 4 aromatic carbocycles. The molecule has 29 heteroatoms. The Morgan fingerprint density at radius 3 is 1.00 bits per heavy atom. The Balaban J connectivity index is 0.000000256. The van der Waals surface area contributed by atoms with E-state index in [1.807, 2.05) is 90.1 Å². The van der Waals surface area contributed by atoms with Crippen LogP contribution in [-0.2, 0) is 52.8 Å². The van der Waals surface area contributed by atoms with Crippen LogP contribution < -0.4 is 41.3 Å². The number of carbonyl (C=O) groups excluding carboxylic acids is 6. The number of ether oxygens (including phenoxy) is 6. The number of carboxylic acids is 1. The van der Waals surface area contributed by atoms with Crippen LogP contribution in [0.2, 0.25) is 0 Å². The highest BCUT2D eigenvalue weighted by atomic mass is 79.9. The first-order chi connectivity index (χ1) is 44.3. The van der Waals surface area contributed by atoms with Gasteiger partial charge in [0.25, 0.3) is 17.7 Å². The summed E-state index contributed by atoms with van der Waals surface area (Å²) in [4.78, 5) is 107. The molecule has 4 aliphatic rings. The maximum Gasteiger partial charge on any atom is 0.410 e. The van der Waals surface area contributed by atoms with Crippen LogP contribution in [0.25, 0.3) is 0 Å². The number of halogens is 4. The van der Waals surface area contributed by atoms with Gasteiger partial charge >= 0.3 is 18.2 Å². The quantitative estimate of drug-likeness (QED) is 0.0545. The number of likely N-dealkylation sites (tertiary alicyclic amines) is 3. The molecule has 6 amide bonds. The van der Waals surface area contributed by atoms with Crippen LogP contribution in [0.5, 0.6) is 23.0 Å². The average molecular weight is 1580 g/mol. The minimum Gasteiger partial charge on any atom is -0.481 e. The molecule has 0 radical (unpaired) electrons. The first-order valence-electron chi connectivity index (χ1n) is 30.6. The molecule has 520 valence electrons. The molecule has 6 N–H and O–H groups in total. The van der Waals surface area contributed by atoms with Crippen molar-refractivity contribution in [2.75, 3.05) is 39.3 Å². The lowest BCUT2D eigenvalue weighted by Gasteiger charge is -2.24. The van der Waals surface area contributed by atoms with E-state index in [0.29, 0.717) is 75.1 Å². The second kappa shape index (κ2) is 40.3. The number of carboxylic acid groups (broad SMARTS) is 1. The van der Waals surface area contributed by atoms with E-state index in [1.165, 1.54) is 26.7 Å². The molecule has 25 nitrogen and oxygen atoms in total. The molecule has 3 unspecified atom stereocenters. The highest BCUT2D eigenvalue weighted by Gasteiger charge is 2.33. The summed E-state index contributed by atoms with van der Waals surface area (Å²) in [6.07, 6.45) is 2.69. The van der Waals surface area contributed by atoms with Crippen molar-refractivity contribution in [3.63, 3.8) is 0 Å². The normalized spacial score (nSPS) is 18.0. The van der Waals surface area contributed by atoms with E-state index < -0.39 is 41.6 Å². The first-order valence-corrected chi connectivity index (χ1v) is 33.8. The number of nitrogens with one attached hydrogen (secondary N) is 3.